The van der Waals surface area contributed by atoms with Crippen LogP contribution in [-0.4, -0.2) is 22.4 Å². The van der Waals surface area contributed by atoms with E-state index in [2.05, 4.69) is 0 Å². The van der Waals surface area contributed by atoms with Gasteiger partial charge in [-0.2, -0.15) is 0 Å². The van der Waals surface area contributed by atoms with Crippen LogP contribution in [0.25, 0.3) is 6.08 Å². The SMILES string of the molecule is CC1(C)C=Cc2cc(CCCO)c(O)cc2O1. The number of ether oxygens (including phenoxy) is 1. The largest absolute Gasteiger partial charge is 0.508 e. The van der Waals surface area contributed by atoms with E-state index in [4.69, 9.17) is 9.84 Å². The van der Waals surface area contributed by atoms with Crippen LogP contribution in [0.2, 0.25) is 0 Å². The monoisotopic (exact) mass is 234 g/mol. The highest BCUT2D eigenvalue weighted by Crippen LogP contribution is 2.35. The normalized spacial score (nSPS) is 16.4. The lowest BCUT2D eigenvalue weighted by Gasteiger charge is -2.28. The summed E-state index contributed by atoms with van der Waals surface area (Å²) in [5, 5.41) is 18.7. The Hall–Kier alpha value is -1.48. The Labute approximate surface area is 101 Å². The van der Waals surface area contributed by atoms with Gasteiger partial charge in [-0.25, -0.2) is 0 Å². The predicted octanol–water partition coefficient (Wildman–Crippen LogP) is 2.50. The Morgan fingerprint density at radius 1 is 1.29 bits per heavy atom. The fourth-order valence-electron chi connectivity index (χ4n) is 1.93. The van der Waals surface area contributed by atoms with Gasteiger partial charge in [0.15, 0.2) is 0 Å². The summed E-state index contributed by atoms with van der Waals surface area (Å²) in [6.45, 7) is 4.09. The molecule has 2 rings (SSSR count). The van der Waals surface area contributed by atoms with Gasteiger partial charge in [-0.1, -0.05) is 6.08 Å². The first kappa shape index (κ1) is 12.0. The molecule has 1 heterocycles. The van der Waals surface area contributed by atoms with Gasteiger partial charge in [-0.15, -0.1) is 0 Å². The number of aliphatic hydroxyl groups is 1. The summed E-state index contributed by atoms with van der Waals surface area (Å²) < 4.78 is 5.76. The molecule has 0 aromatic heterocycles. The number of aromatic hydroxyl groups is 1. The summed E-state index contributed by atoms with van der Waals surface area (Å²) >= 11 is 0. The Balaban J connectivity index is 2.32. The molecule has 3 heteroatoms. The zero-order chi connectivity index (χ0) is 12.5. The van der Waals surface area contributed by atoms with Crippen LogP contribution in [0.4, 0.5) is 0 Å². The van der Waals surface area contributed by atoms with Crippen molar-refractivity contribution in [2.45, 2.75) is 32.3 Å². The molecule has 1 aliphatic rings. The fraction of sp³-hybridized carbons (Fsp3) is 0.429. The van der Waals surface area contributed by atoms with Crippen LogP contribution in [0.3, 0.4) is 0 Å². The lowest BCUT2D eigenvalue weighted by atomic mass is 9.99. The van der Waals surface area contributed by atoms with E-state index in [9.17, 15) is 5.11 Å². The number of phenols is 1. The number of hydrogen-bond acceptors (Lipinski definition) is 3. The van der Waals surface area contributed by atoms with E-state index in [1.54, 1.807) is 6.07 Å². The standard InChI is InChI=1S/C14H18O3/c1-14(2)6-5-11-8-10(4-3-7-15)12(16)9-13(11)17-14/h5-6,8-9,15-16H,3-4,7H2,1-2H3. The number of benzene rings is 1. The van der Waals surface area contributed by atoms with Crippen molar-refractivity contribution in [1.82, 2.24) is 0 Å². The smallest absolute Gasteiger partial charge is 0.131 e. The van der Waals surface area contributed by atoms with Crippen LogP contribution in [0.15, 0.2) is 18.2 Å². The van der Waals surface area contributed by atoms with Crippen molar-refractivity contribution < 1.29 is 14.9 Å². The van der Waals surface area contributed by atoms with E-state index >= 15 is 0 Å². The molecule has 1 aromatic rings. The van der Waals surface area contributed by atoms with Crippen LogP contribution < -0.4 is 4.74 Å². The molecular formula is C14H18O3. The molecule has 17 heavy (non-hydrogen) atoms. The quantitative estimate of drug-likeness (QED) is 0.844. The maximum Gasteiger partial charge on any atom is 0.131 e. The van der Waals surface area contributed by atoms with Crippen molar-refractivity contribution in [2.75, 3.05) is 6.61 Å². The lowest BCUT2D eigenvalue weighted by Crippen LogP contribution is -2.27. The zero-order valence-electron chi connectivity index (χ0n) is 10.2. The molecule has 0 fully saturated rings. The summed E-state index contributed by atoms with van der Waals surface area (Å²) in [5.74, 6) is 0.950. The molecule has 0 saturated carbocycles. The van der Waals surface area contributed by atoms with E-state index < -0.39 is 0 Å². The third-order valence-corrected chi connectivity index (χ3v) is 2.85. The van der Waals surface area contributed by atoms with Gasteiger partial charge in [0, 0.05) is 18.2 Å². The van der Waals surface area contributed by atoms with Gasteiger partial charge in [0.25, 0.3) is 0 Å². The minimum atomic E-state index is -0.327. The predicted molar refractivity (Wildman–Crippen MR) is 67.3 cm³/mol. The molecule has 0 saturated heterocycles. The third kappa shape index (κ3) is 2.61. The van der Waals surface area contributed by atoms with Crippen molar-refractivity contribution in [3.63, 3.8) is 0 Å². The first-order valence-electron chi connectivity index (χ1n) is 5.87. The molecule has 0 aliphatic carbocycles. The van der Waals surface area contributed by atoms with Crippen molar-refractivity contribution in [3.8, 4) is 11.5 Å². The number of aliphatic hydroxyl groups excluding tert-OH is 1. The summed E-state index contributed by atoms with van der Waals surface area (Å²) in [7, 11) is 0. The molecule has 3 nitrogen and oxygen atoms in total. The molecule has 0 atom stereocenters. The molecule has 0 amide bonds. The highest BCUT2D eigenvalue weighted by molar-refractivity contribution is 5.64. The number of hydrogen-bond donors (Lipinski definition) is 2. The Morgan fingerprint density at radius 2 is 2.06 bits per heavy atom. The maximum absolute atomic E-state index is 9.88. The van der Waals surface area contributed by atoms with Crippen molar-refractivity contribution in [2.24, 2.45) is 0 Å². The highest BCUT2D eigenvalue weighted by atomic mass is 16.5. The topological polar surface area (TPSA) is 49.7 Å². The Morgan fingerprint density at radius 3 is 2.76 bits per heavy atom. The Kier molecular flexibility index (Phi) is 3.11. The zero-order valence-corrected chi connectivity index (χ0v) is 10.2. The number of aryl methyl sites for hydroxylation is 1. The van der Waals surface area contributed by atoms with Crippen LogP contribution in [0, 0.1) is 0 Å². The lowest BCUT2D eigenvalue weighted by molar-refractivity contribution is 0.158. The summed E-state index contributed by atoms with van der Waals surface area (Å²) in [4.78, 5) is 0. The van der Waals surface area contributed by atoms with Crippen LogP contribution in [-0.2, 0) is 6.42 Å². The summed E-state index contributed by atoms with van der Waals surface area (Å²) in [6.07, 6.45) is 5.35. The fourth-order valence-corrected chi connectivity index (χ4v) is 1.93. The third-order valence-electron chi connectivity index (χ3n) is 2.85. The average molecular weight is 234 g/mol. The Bertz CT molecular complexity index is 447. The van der Waals surface area contributed by atoms with Gasteiger partial charge >= 0.3 is 0 Å². The summed E-state index contributed by atoms with van der Waals surface area (Å²) in [5.41, 5.74) is 1.51. The number of fused-ring (bicyclic) bond motifs is 1. The van der Waals surface area contributed by atoms with E-state index in [-0.39, 0.29) is 18.0 Å². The van der Waals surface area contributed by atoms with E-state index in [0.29, 0.717) is 18.6 Å². The molecule has 0 radical (unpaired) electrons. The first-order chi connectivity index (χ1) is 8.02. The number of phenolic OH excluding ortho intramolecular Hbond substituents is 1. The van der Waals surface area contributed by atoms with Gasteiger partial charge in [0.2, 0.25) is 0 Å². The van der Waals surface area contributed by atoms with Gasteiger partial charge < -0.3 is 14.9 Å². The average Bonchev–Trinajstić information content (AvgIpc) is 2.25. The second kappa shape index (κ2) is 4.41. The second-order valence-corrected chi connectivity index (χ2v) is 4.88. The molecular weight excluding hydrogens is 216 g/mol. The van der Waals surface area contributed by atoms with Crippen molar-refractivity contribution in [1.29, 1.82) is 0 Å². The van der Waals surface area contributed by atoms with Crippen LogP contribution >= 0.6 is 0 Å². The first-order valence-corrected chi connectivity index (χ1v) is 5.87. The second-order valence-electron chi connectivity index (χ2n) is 4.88. The van der Waals surface area contributed by atoms with Gasteiger partial charge in [0.05, 0.1) is 0 Å². The van der Waals surface area contributed by atoms with E-state index in [1.165, 1.54) is 0 Å². The minimum Gasteiger partial charge on any atom is -0.508 e. The minimum absolute atomic E-state index is 0.135. The molecule has 1 aromatic carbocycles. The molecule has 0 unspecified atom stereocenters. The van der Waals surface area contributed by atoms with Gasteiger partial charge in [0.1, 0.15) is 17.1 Å². The van der Waals surface area contributed by atoms with Crippen molar-refractivity contribution in [3.05, 3.63) is 29.3 Å². The van der Waals surface area contributed by atoms with Crippen molar-refractivity contribution >= 4 is 6.08 Å². The summed E-state index contributed by atoms with van der Waals surface area (Å²) in [6, 6.07) is 3.58. The molecule has 92 valence electrons. The molecule has 1 aliphatic heterocycles. The van der Waals surface area contributed by atoms with Gasteiger partial charge in [-0.3, -0.25) is 0 Å². The van der Waals surface area contributed by atoms with E-state index in [1.807, 2.05) is 32.1 Å². The highest BCUT2D eigenvalue weighted by Gasteiger charge is 2.22. The molecule has 0 bridgehead atoms. The van der Waals surface area contributed by atoms with Gasteiger partial charge in [-0.05, 0) is 44.4 Å². The maximum atomic E-state index is 9.88. The number of rotatable bonds is 3. The van der Waals surface area contributed by atoms with E-state index in [0.717, 1.165) is 11.1 Å². The molecule has 2 N–H and O–H groups in total. The molecule has 0 spiro atoms. The van der Waals surface area contributed by atoms with Crippen LogP contribution in [0.5, 0.6) is 11.5 Å². The van der Waals surface area contributed by atoms with Crippen LogP contribution in [0.1, 0.15) is 31.4 Å².